The number of carboxylic acid groups (broad SMARTS) is 1. The molecule has 27 heteroatoms. The van der Waals surface area contributed by atoms with Crippen LogP contribution in [0.5, 0.6) is 11.5 Å². The summed E-state index contributed by atoms with van der Waals surface area (Å²) < 4.78 is 0. The number of carbonyl (C=O) groups excluding carboxylic acids is 9. The van der Waals surface area contributed by atoms with Crippen molar-refractivity contribution in [2.45, 2.75) is 127 Å². The lowest BCUT2D eigenvalue weighted by molar-refractivity contribution is -0.143. The fourth-order valence-corrected chi connectivity index (χ4v) is 7.98. The van der Waals surface area contributed by atoms with E-state index < -0.39 is 139 Å². The highest BCUT2D eigenvalue weighted by Crippen LogP contribution is 2.20. The molecule has 10 atom stereocenters. The molecule has 0 radical (unpaired) electrons. The second-order valence-electron chi connectivity index (χ2n) is 18.3. The average molecular weight is 1070 g/mol. The number of amides is 9. The van der Waals surface area contributed by atoms with Crippen molar-refractivity contribution in [3.63, 3.8) is 0 Å². The molecule has 0 aromatic heterocycles. The number of phenolic OH excluding ortho intramolecular Hbond substituents is 2. The molecule has 0 aliphatic carbocycles. The van der Waals surface area contributed by atoms with E-state index in [-0.39, 0.29) is 69.7 Å². The van der Waals surface area contributed by atoms with Crippen LogP contribution < -0.4 is 54.0 Å². The van der Waals surface area contributed by atoms with Crippen molar-refractivity contribution in [3.8, 4) is 11.5 Å². The van der Waals surface area contributed by atoms with Gasteiger partial charge in [-0.2, -0.15) is 0 Å². The number of carboxylic acids is 1. The molecule has 0 bridgehead atoms. The van der Waals surface area contributed by atoms with Crippen molar-refractivity contribution in [1.82, 2.24) is 47.4 Å². The summed E-state index contributed by atoms with van der Waals surface area (Å²) in [4.78, 5) is 135. The van der Waals surface area contributed by atoms with Gasteiger partial charge in [0.1, 0.15) is 65.9 Å². The summed E-state index contributed by atoms with van der Waals surface area (Å²) in [5.41, 5.74) is 11.9. The Kier molecular flexibility index (Phi) is 26.0. The number of hydrogen-bond acceptors (Lipinski definition) is 17. The van der Waals surface area contributed by atoms with Crippen LogP contribution in [0, 0.1) is 5.92 Å². The number of rotatable bonds is 31. The van der Waals surface area contributed by atoms with Gasteiger partial charge in [0.2, 0.25) is 53.2 Å². The van der Waals surface area contributed by atoms with Crippen molar-refractivity contribution >= 4 is 59.1 Å². The SMILES string of the molecule is CC[C@H](C)[C@H](NC(=O)[C@H](CO)NC(=O)[C@H](Cc1ccc(O)cc1)NC(=O)[C@H](Cc1ccc(O)cc1)NC(=O)[C@@H]1CCCN1C(=O)[C@H](C)NC(=O)CN)C(=O)N[C@@H](CCCCN)C(=O)N[C@@H](CO)C(=O)N[C@@H](CO)C(=O)O. The molecule has 2 aromatic carbocycles. The van der Waals surface area contributed by atoms with Crippen molar-refractivity contribution in [3.05, 3.63) is 59.7 Å². The fraction of sp³-hybridized carbons (Fsp3) is 0.551. The zero-order valence-corrected chi connectivity index (χ0v) is 42.7. The van der Waals surface area contributed by atoms with E-state index in [0.717, 1.165) is 0 Å². The van der Waals surface area contributed by atoms with Gasteiger partial charge in [-0.3, -0.25) is 43.2 Å². The van der Waals surface area contributed by atoms with Gasteiger partial charge in [0.05, 0.1) is 26.4 Å². The molecule has 18 N–H and O–H groups in total. The highest BCUT2D eigenvalue weighted by atomic mass is 16.4. The molecule has 0 spiro atoms. The Labute approximate surface area is 438 Å². The van der Waals surface area contributed by atoms with Crippen LogP contribution in [-0.2, 0) is 60.8 Å². The number of phenols is 2. The van der Waals surface area contributed by atoms with Crippen LogP contribution in [-0.4, -0.2) is 189 Å². The summed E-state index contributed by atoms with van der Waals surface area (Å²) in [6, 6.07) is -1.90. The summed E-state index contributed by atoms with van der Waals surface area (Å²) in [5.74, 6) is -10.4. The third-order valence-electron chi connectivity index (χ3n) is 12.6. The predicted octanol–water partition coefficient (Wildman–Crippen LogP) is -5.03. The molecule has 9 amide bonds. The normalized spacial score (nSPS) is 16.6. The maximum atomic E-state index is 14.4. The number of nitrogens with one attached hydrogen (secondary N) is 8. The molecule has 27 nitrogen and oxygen atoms in total. The number of aliphatic hydroxyl groups is 3. The number of nitrogens with zero attached hydrogens (tertiary/aromatic N) is 1. The minimum Gasteiger partial charge on any atom is -0.508 e. The van der Waals surface area contributed by atoms with Gasteiger partial charge in [-0.05, 0) is 86.9 Å². The molecule has 420 valence electrons. The van der Waals surface area contributed by atoms with Gasteiger partial charge in [-0.15, -0.1) is 0 Å². The predicted molar refractivity (Wildman–Crippen MR) is 270 cm³/mol. The number of carbonyl (C=O) groups is 10. The molecule has 1 heterocycles. The second-order valence-corrected chi connectivity index (χ2v) is 18.3. The smallest absolute Gasteiger partial charge is 0.328 e. The number of likely N-dealkylation sites (tertiary alicyclic amines) is 1. The standard InChI is InChI=1S/C49H73N11O16/c1-4-26(2)40(47(73)53-32(8-5-6-18-50)41(67)56-35(23-61)44(70)58-37(25-63)49(75)76)59-45(71)36(24-62)57-43(69)33(20-28-10-14-30(64)15-11-28)54-42(68)34(21-29-12-16-31(65)17-13-29)55-46(72)38-9-7-19-60(38)48(74)27(3)52-39(66)22-51/h10-17,26-27,32-38,40,61-65H,4-9,18-25,50-51H2,1-3H3,(H,52,66)(H,53,73)(H,54,68)(H,55,72)(H,56,67)(H,57,69)(H,58,70)(H,59,71)(H,75,76)/t26-,27-,32-,33-,34-,35-,36-,37-,38-,40-/m0/s1. The lowest BCUT2D eigenvalue weighted by Crippen LogP contribution is -2.62. The lowest BCUT2D eigenvalue weighted by atomic mass is 9.97. The van der Waals surface area contributed by atoms with Crippen molar-refractivity contribution in [2.75, 3.05) is 39.5 Å². The van der Waals surface area contributed by atoms with Gasteiger partial charge >= 0.3 is 5.97 Å². The first-order valence-corrected chi connectivity index (χ1v) is 24.8. The molecule has 76 heavy (non-hydrogen) atoms. The Bertz CT molecular complexity index is 2310. The second kappa shape index (κ2) is 31.4. The highest BCUT2D eigenvalue weighted by Gasteiger charge is 2.39. The van der Waals surface area contributed by atoms with Gasteiger partial charge < -0.3 is 89.5 Å². The van der Waals surface area contributed by atoms with E-state index in [1.165, 1.54) is 60.4 Å². The van der Waals surface area contributed by atoms with Crippen LogP contribution in [0.4, 0.5) is 0 Å². The summed E-state index contributed by atoms with van der Waals surface area (Å²) in [6.45, 7) is 1.69. The number of benzene rings is 2. The van der Waals surface area contributed by atoms with Gasteiger partial charge in [-0.1, -0.05) is 44.5 Å². The van der Waals surface area contributed by atoms with Gasteiger partial charge in [0.15, 0.2) is 0 Å². The van der Waals surface area contributed by atoms with E-state index >= 15 is 0 Å². The quantitative estimate of drug-likeness (QED) is 0.0314. The van der Waals surface area contributed by atoms with E-state index in [1.807, 2.05) is 5.32 Å². The van der Waals surface area contributed by atoms with Crippen LogP contribution in [0.25, 0.3) is 0 Å². The Morgan fingerprint density at radius 1 is 0.592 bits per heavy atom. The summed E-state index contributed by atoms with van der Waals surface area (Å²) in [6.07, 6.45) is 1.04. The largest absolute Gasteiger partial charge is 0.508 e. The van der Waals surface area contributed by atoms with Crippen molar-refractivity contribution < 1.29 is 78.6 Å². The monoisotopic (exact) mass is 1070 g/mol. The molecule has 0 unspecified atom stereocenters. The van der Waals surface area contributed by atoms with Crippen molar-refractivity contribution in [2.24, 2.45) is 17.4 Å². The Morgan fingerprint density at radius 3 is 1.51 bits per heavy atom. The topological polar surface area (TPSA) is 444 Å². The number of aliphatic carboxylic acids is 1. The summed E-state index contributed by atoms with van der Waals surface area (Å²) >= 11 is 0. The first-order valence-electron chi connectivity index (χ1n) is 24.8. The summed E-state index contributed by atoms with van der Waals surface area (Å²) in [7, 11) is 0. The van der Waals surface area contributed by atoms with E-state index in [9.17, 15) is 78.6 Å². The van der Waals surface area contributed by atoms with Gasteiger partial charge in [0, 0.05) is 19.4 Å². The van der Waals surface area contributed by atoms with E-state index in [1.54, 1.807) is 13.8 Å². The molecule has 1 fully saturated rings. The first kappa shape index (κ1) is 62.8. The highest BCUT2D eigenvalue weighted by molar-refractivity contribution is 5.98. The van der Waals surface area contributed by atoms with Crippen LogP contribution >= 0.6 is 0 Å². The first-order chi connectivity index (χ1) is 36.1. The third kappa shape index (κ3) is 19.3. The van der Waals surface area contributed by atoms with Gasteiger partial charge in [-0.25, -0.2) is 4.79 Å². The fourth-order valence-electron chi connectivity index (χ4n) is 7.98. The molecule has 2 aromatic rings. The maximum Gasteiger partial charge on any atom is 0.328 e. The minimum atomic E-state index is -1.78. The molecule has 3 rings (SSSR count). The van der Waals surface area contributed by atoms with Crippen LogP contribution in [0.2, 0.25) is 0 Å². The minimum absolute atomic E-state index is 0.0540. The average Bonchev–Trinajstić information content (AvgIpc) is 3.90. The van der Waals surface area contributed by atoms with Crippen molar-refractivity contribution in [1.29, 1.82) is 0 Å². The number of unbranched alkanes of at least 4 members (excludes halogenated alkanes) is 1. The van der Waals surface area contributed by atoms with Crippen LogP contribution in [0.1, 0.15) is 70.4 Å². The number of aromatic hydroxyl groups is 2. The number of nitrogens with two attached hydrogens (primary N) is 2. The van der Waals surface area contributed by atoms with Gasteiger partial charge in [0.25, 0.3) is 0 Å². The Balaban J connectivity index is 1.90. The molecule has 1 saturated heterocycles. The van der Waals surface area contributed by atoms with Crippen LogP contribution in [0.3, 0.4) is 0 Å². The number of aliphatic hydroxyl groups excluding tert-OH is 3. The molecule has 1 aliphatic heterocycles. The Hall–Kier alpha value is -7.46. The summed E-state index contributed by atoms with van der Waals surface area (Å²) in [5, 5.41) is 78.3. The zero-order valence-electron chi connectivity index (χ0n) is 42.7. The number of hydrogen-bond donors (Lipinski definition) is 16. The van der Waals surface area contributed by atoms with E-state index in [4.69, 9.17) is 11.5 Å². The molecular formula is C49H73N11O16. The third-order valence-corrected chi connectivity index (χ3v) is 12.6. The molecule has 1 aliphatic rings. The molecular weight excluding hydrogens is 999 g/mol. The van der Waals surface area contributed by atoms with Crippen LogP contribution in [0.15, 0.2) is 48.5 Å². The zero-order chi connectivity index (χ0) is 56.6. The lowest BCUT2D eigenvalue weighted by Gasteiger charge is -2.30. The van der Waals surface area contributed by atoms with E-state index in [0.29, 0.717) is 24.0 Å². The molecule has 0 saturated carbocycles. The Morgan fingerprint density at radius 2 is 1.04 bits per heavy atom. The maximum absolute atomic E-state index is 14.4. The van der Waals surface area contributed by atoms with E-state index in [2.05, 4.69) is 37.2 Å².